The molecule has 1 fully saturated rings. The highest BCUT2D eigenvalue weighted by molar-refractivity contribution is 5.85. The van der Waals surface area contributed by atoms with Crippen molar-refractivity contribution in [3.8, 4) is 17.3 Å². The Morgan fingerprint density at radius 1 is 1.14 bits per heavy atom. The van der Waals surface area contributed by atoms with Crippen molar-refractivity contribution in [3.05, 3.63) is 64.4 Å². The van der Waals surface area contributed by atoms with Crippen LogP contribution in [0.1, 0.15) is 18.5 Å². The van der Waals surface area contributed by atoms with Gasteiger partial charge in [0.25, 0.3) is 11.0 Å². The highest BCUT2D eigenvalue weighted by atomic mass is 35.5. The molecule has 0 amide bonds. The first kappa shape index (κ1) is 20.6. The topological polar surface area (TPSA) is 107 Å². The van der Waals surface area contributed by atoms with E-state index in [1.165, 1.54) is 6.07 Å². The number of halogens is 2. The van der Waals surface area contributed by atoms with E-state index in [0.29, 0.717) is 28.1 Å². The fraction of sp³-hybridized carbons (Fsp3) is 0.250. The van der Waals surface area contributed by atoms with Crippen LogP contribution in [0.25, 0.3) is 22.3 Å². The van der Waals surface area contributed by atoms with Crippen LogP contribution >= 0.6 is 12.4 Å². The summed E-state index contributed by atoms with van der Waals surface area (Å²) in [6.45, 7) is 1.09. The third-order valence-corrected chi connectivity index (χ3v) is 5.06. The number of nitrogens with zero attached hydrogens (tertiary/aromatic N) is 4. The van der Waals surface area contributed by atoms with Crippen LogP contribution < -0.4 is 20.1 Å². The van der Waals surface area contributed by atoms with Crippen LogP contribution in [-0.2, 0) is 0 Å². The zero-order chi connectivity index (χ0) is 19.8. The van der Waals surface area contributed by atoms with Gasteiger partial charge in [-0.2, -0.15) is 9.99 Å². The summed E-state index contributed by atoms with van der Waals surface area (Å²) in [4.78, 5) is 1.79. The second-order valence-electron chi connectivity index (χ2n) is 6.90. The maximum absolute atomic E-state index is 14.8. The summed E-state index contributed by atoms with van der Waals surface area (Å²) in [6, 6.07) is 12.6. The summed E-state index contributed by atoms with van der Waals surface area (Å²) in [7, 11) is 0. The van der Waals surface area contributed by atoms with Gasteiger partial charge in [0.15, 0.2) is 11.9 Å². The number of fused-ring (bicyclic) bond motifs is 1. The summed E-state index contributed by atoms with van der Waals surface area (Å²) in [5, 5.41) is 35.3. The van der Waals surface area contributed by atoms with E-state index in [-0.39, 0.29) is 46.6 Å². The summed E-state index contributed by atoms with van der Waals surface area (Å²) in [6.07, 6.45) is 1.68. The SMILES string of the molecule is Cl.N#Cc1c(-c2ccccc2)[n+]([O-])c2cc(N3CCCC(N)C3)c(F)cc2[n+]1[O-]. The number of anilines is 1. The molecule has 4 rings (SSSR count). The van der Waals surface area contributed by atoms with Gasteiger partial charge in [0.1, 0.15) is 0 Å². The second-order valence-corrected chi connectivity index (χ2v) is 6.90. The van der Waals surface area contributed by atoms with E-state index in [4.69, 9.17) is 5.73 Å². The van der Waals surface area contributed by atoms with Crippen molar-refractivity contribution in [1.82, 2.24) is 0 Å². The molecule has 1 atom stereocenters. The molecule has 1 unspecified atom stereocenters. The molecule has 1 aromatic heterocycles. The summed E-state index contributed by atoms with van der Waals surface area (Å²) < 4.78 is 15.6. The molecule has 0 aliphatic carbocycles. The van der Waals surface area contributed by atoms with Gasteiger partial charge in [-0.3, -0.25) is 0 Å². The Balaban J connectivity index is 0.00000240. The fourth-order valence-corrected chi connectivity index (χ4v) is 3.72. The predicted octanol–water partition coefficient (Wildman–Crippen LogP) is 2.13. The highest BCUT2D eigenvalue weighted by Gasteiger charge is 2.32. The lowest BCUT2D eigenvalue weighted by molar-refractivity contribution is -0.622. The summed E-state index contributed by atoms with van der Waals surface area (Å²) in [5.74, 6) is -0.623. The third kappa shape index (κ3) is 3.50. The minimum Gasteiger partial charge on any atom is -0.617 e. The number of hydrogen-bond donors (Lipinski definition) is 1. The van der Waals surface area contributed by atoms with Gasteiger partial charge in [-0.15, -0.1) is 17.1 Å². The van der Waals surface area contributed by atoms with E-state index in [1.807, 2.05) is 0 Å². The van der Waals surface area contributed by atoms with Crippen molar-refractivity contribution >= 4 is 29.1 Å². The fourth-order valence-electron chi connectivity index (χ4n) is 3.72. The molecule has 3 aromatic rings. The number of benzene rings is 2. The van der Waals surface area contributed by atoms with Crippen molar-refractivity contribution < 1.29 is 13.9 Å². The maximum atomic E-state index is 14.8. The molecule has 1 aliphatic heterocycles. The Bertz CT molecular complexity index is 1100. The average Bonchev–Trinajstić information content (AvgIpc) is 2.70. The van der Waals surface area contributed by atoms with Crippen molar-refractivity contribution in [3.63, 3.8) is 0 Å². The Hall–Kier alpha value is -3.15. The number of nitriles is 1. The van der Waals surface area contributed by atoms with Gasteiger partial charge in [0, 0.05) is 25.2 Å². The molecule has 1 aliphatic rings. The number of nitrogens with two attached hydrogens (primary N) is 1. The van der Waals surface area contributed by atoms with Crippen LogP contribution in [0.15, 0.2) is 42.5 Å². The second kappa shape index (κ2) is 8.07. The molecule has 0 spiro atoms. The number of rotatable bonds is 2. The lowest BCUT2D eigenvalue weighted by Gasteiger charge is -2.32. The molecule has 1 saturated heterocycles. The van der Waals surface area contributed by atoms with Gasteiger partial charge in [-0.25, -0.2) is 4.39 Å². The van der Waals surface area contributed by atoms with Gasteiger partial charge in [0.05, 0.1) is 17.3 Å². The number of hydrogen-bond acceptors (Lipinski definition) is 5. The third-order valence-electron chi connectivity index (χ3n) is 5.06. The molecule has 0 saturated carbocycles. The molecule has 150 valence electrons. The Morgan fingerprint density at radius 2 is 1.83 bits per heavy atom. The normalized spacial score (nSPS) is 16.3. The van der Waals surface area contributed by atoms with E-state index >= 15 is 0 Å². The molecule has 0 bridgehead atoms. The maximum Gasteiger partial charge on any atom is 0.369 e. The van der Waals surface area contributed by atoms with Crippen LogP contribution in [0.4, 0.5) is 10.1 Å². The Labute approximate surface area is 173 Å². The quantitative estimate of drug-likeness (QED) is 0.509. The van der Waals surface area contributed by atoms with Gasteiger partial charge >= 0.3 is 11.4 Å². The van der Waals surface area contributed by atoms with Gasteiger partial charge in [-0.1, -0.05) is 18.2 Å². The smallest absolute Gasteiger partial charge is 0.369 e. The van der Waals surface area contributed by atoms with Crippen molar-refractivity contribution in [2.45, 2.75) is 18.9 Å². The largest absolute Gasteiger partial charge is 0.617 e. The van der Waals surface area contributed by atoms with Crippen LogP contribution in [0.5, 0.6) is 0 Å². The van der Waals surface area contributed by atoms with Crippen LogP contribution in [0.2, 0.25) is 0 Å². The molecular weight excluding hydrogens is 397 g/mol. The van der Waals surface area contributed by atoms with Crippen LogP contribution in [0, 0.1) is 27.6 Å². The lowest BCUT2D eigenvalue weighted by atomic mass is 10.1. The van der Waals surface area contributed by atoms with E-state index in [9.17, 15) is 20.1 Å². The molecule has 9 heteroatoms. The molecular formula is C20H19ClFN5O2. The van der Waals surface area contributed by atoms with Crippen molar-refractivity contribution in [1.29, 1.82) is 5.26 Å². The average molecular weight is 416 g/mol. The van der Waals surface area contributed by atoms with Gasteiger partial charge < -0.3 is 21.0 Å². The van der Waals surface area contributed by atoms with Gasteiger partial charge in [0.2, 0.25) is 0 Å². The molecule has 2 aromatic carbocycles. The number of aromatic nitrogens is 2. The Kier molecular flexibility index (Phi) is 5.73. The van der Waals surface area contributed by atoms with Crippen molar-refractivity contribution in [2.24, 2.45) is 5.73 Å². The predicted molar refractivity (Wildman–Crippen MR) is 109 cm³/mol. The molecule has 2 N–H and O–H groups in total. The zero-order valence-electron chi connectivity index (χ0n) is 15.4. The van der Waals surface area contributed by atoms with E-state index in [1.54, 1.807) is 41.3 Å². The van der Waals surface area contributed by atoms with E-state index < -0.39 is 5.82 Å². The summed E-state index contributed by atoms with van der Waals surface area (Å²) in [5.41, 5.74) is 6.05. The minimum atomic E-state index is -0.623. The summed E-state index contributed by atoms with van der Waals surface area (Å²) >= 11 is 0. The molecule has 29 heavy (non-hydrogen) atoms. The van der Waals surface area contributed by atoms with Crippen LogP contribution in [0.3, 0.4) is 0 Å². The molecule has 0 radical (unpaired) electrons. The van der Waals surface area contributed by atoms with Gasteiger partial charge in [-0.05, 0) is 25.0 Å². The zero-order valence-corrected chi connectivity index (χ0v) is 16.2. The lowest BCUT2D eigenvalue weighted by Crippen LogP contribution is -2.45. The first-order chi connectivity index (χ1) is 13.5. The standard InChI is InChI=1S/C20H18FN5O2.ClH/c21-15-9-17-18(10-16(15)24-8-4-7-14(23)12-24)26(28)20(19(11-22)25(17)27)13-5-2-1-3-6-13;/h1-3,5-6,9-10,14H,4,7-8,12,23H2;1H. The van der Waals surface area contributed by atoms with Crippen LogP contribution in [-0.4, -0.2) is 19.1 Å². The first-order valence-corrected chi connectivity index (χ1v) is 8.99. The van der Waals surface area contributed by atoms with E-state index in [0.717, 1.165) is 18.9 Å². The molecule has 7 nitrogen and oxygen atoms in total. The Morgan fingerprint density at radius 3 is 2.48 bits per heavy atom. The molecule has 2 heterocycles. The van der Waals surface area contributed by atoms with Crippen molar-refractivity contribution in [2.75, 3.05) is 18.0 Å². The minimum absolute atomic E-state index is 0. The first-order valence-electron chi connectivity index (χ1n) is 8.99. The number of piperidine rings is 1. The van der Waals surface area contributed by atoms with E-state index in [2.05, 4.69) is 0 Å². The monoisotopic (exact) mass is 415 g/mol. The highest BCUT2D eigenvalue weighted by Crippen LogP contribution is 2.28.